The van der Waals surface area contributed by atoms with E-state index in [0.29, 0.717) is 17.5 Å². The third-order valence-electron chi connectivity index (χ3n) is 4.80. The van der Waals surface area contributed by atoms with Crippen LogP contribution in [0.15, 0.2) is 42.1 Å². The number of hydrogen-bond donors (Lipinski definition) is 1. The molecule has 29 heavy (non-hydrogen) atoms. The maximum Gasteiger partial charge on any atom is 0.234 e. The Morgan fingerprint density at radius 1 is 1.38 bits per heavy atom. The molecule has 7 nitrogen and oxygen atoms in total. The van der Waals surface area contributed by atoms with Crippen LogP contribution in [0.3, 0.4) is 0 Å². The highest BCUT2D eigenvalue weighted by Gasteiger charge is 2.32. The Morgan fingerprint density at radius 3 is 2.55 bits per heavy atom. The van der Waals surface area contributed by atoms with Gasteiger partial charge in [-0.2, -0.15) is 5.26 Å². The first-order chi connectivity index (χ1) is 13.8. The van der Waals surface area contributed by atoms with Crippen molar-refractivity contribution < 1.29 is 9.53 Å². The lowest BCUT2D eigenvalue weighted by molar-refractivity contribution is -0.121. The Kier molecular flexibility index (Phi) is 7.46. The van der Waals surface area contributed by atoms with Gasteiger partial charge in [0.05, 0.1) is 18.4 Å². The number of nitrogens with zero attached hydrogens (tertiary/aromatic N) is 4. The number of carbonyl (C=O) groups is 1. The molecule has 0 saturated heterocycles. The second-order valence-electron chi connectivity index (χ2n) is 7.15. The summed E-state index contributed by atoms with van der Waals surface area (Å²) in [6.45, 7) is 11.7. The quantitative estimate of drug-likeness (QED) is 0.498. The SMILES string of the molecule is C=CCn1c(S[C@H](C)C(=O)N[C@@](C)(C#N)C(C)C)nnc1-c1ccc(OC)cc1. The average molecular weight is 414 g/mol. The van der Waals surface area contributed by atoms with Crippen molar-refractivity contribution in [3.63, 3.8) is 0 Å². The van der Waals surface area contributed by atoms with Crippen LogP contribution < -0.4 is 10.1 Å². The number of rotatable bonds is 9. The van der Waals surface area contributed by atoms with E-state index in [1.54, 1.807) is 27.0 Å². The van der Waals surface area contributed by atoms with Gasteiger partial charge in [0.25, 0.3) is 0 Å². The van der Waals surface area contributed by atoms with E-state index in [1.165, 1.54) is 11.8 Å². The van der Waals surface area contributed by atoms with Crippen LogP contribution in [0, 0.1) is 17.2 Å². The minimum Gasteiger partial charge on any atom is -0.497 e. The summed E-state index contributed by atoms with van der Waals surface area (Å²) in [5.41, 5.74) is -0.0319. The lowest BCUT2D eigenvalue weighted by atomic mass is 9.90. The molecule has 1 N–H and O–H groups in total. The third-order valence-corrected chi connectivity index (χ3v) is 5.88. The molecule has 0 unspecified atom stereocenters. The van der Waals surface area contributed by atoms with Crippen molar-refractivity contribution in [1.82, 2.24) is 20.1 Å². The maximum absolute atomic E-state index is 12.7. The van der Waals surface area contributed by atoms with Gasteiger partial charge in [0.15, 0.2) is 11.0 Å². The molecule has 8 heteroatoms. The molecule has 0 radical (unpaired) electrons. The van der Waals surface area contributed by atoms with Crippen LogP contribution in [-0.2, 0) is 11.3 Å². The van der Waals surface area contributed by atoms with Crippen molar-refractivity contribution in [2.45, 2.75) is 50.2 Å². The molecule has 154 valence electrons. The van der Waals surface area contributed by atoms with Gasteiger partial charge >= 0.3 is 0 Å². The number of carbonyl (C=O) groups excluding carboxylic acids is 1. The zero-order valence-corrected chi connectivity index (χ0v) is 18.3. The van der Waals surface area contributed by atoms with Crippen molar-refractivity contribution in [3.05, 3.63) is 36.9 Å². The normalized spacial score (nSPS) is 14.0. The Balaban J connectivity index is 2.24. The molecule has 2 rings (SSSR count). The number of aromatic nitrogens is 3. The van der Waals surface area contributed by atoms with Crippen LogP contribution in [0.5, 0.6) is 5.75 Å². The van der Waals surface area contributed by atoms with Gasteiger partial charge in [0, 0.05) is 12.1 Å². The lowest BCUT2D eigenvalue weighted by Crippen LogP contribution is -2.51. The van der Waals surface area contributed by atoms with E-state index in [0.717, 1.165) is 11.3 Å². The minimum absolute atomic E-state index is 0.0141. The number of nitriles is 1. The number of nitrogens with one attached hydrogen (secondary N) is 1. The molecule has 0 aliphatic heterocycles. The summed E-state index contributed by atoms with van der Waals surface area (Å²) in [4.78, 5) is 12.7. The molecular weight excluding hydrogens is 386 g/mol. The number of allylic oxidation sites excluding steroid dienone is 1. The predicted molar refractivity (Wildman–Crippen MR) is 115 cm³/mol. The van der Waals surface area contributed by atoms with Crippen LogP contribution in [0.2, 0.25) is 0 Å². The monoisotopic (exact) mass is 413 g/mol. The zero-order valence-electron chi connectivity index (χ0n) is 17.5. The Hall–Kier alpha value is -2.79. The topological polar surface area (TPSA) is 92.8 Å². The van der Waals surface area contributed by atoms with Crippen molar-refractivity contribution in [3.8, 4) is 23.2 Å². The van der Waals surface area contributed by atoms with E-state index in [4.69, 9.17) is 4.74 Å². The zero-order chi connectivity index (χ0) is 21.6. The summed E-state index contributed by atoms with van der Waals surface area (Å²) in [5.74, 6) is 1.22. The second-order valence-corrected chi connectivity index (χ2v) is 8.46. The smallest absolute Gasteiger partial charge is 0.234 e. The minimum atomic E-state index is -0.922. The molecule has 2 aromatic rings. The van der Waals surface area contributed by atoms with Crippen LogP contribution in [0.25, 0.3) is 11.4 Å². The summed E-state index contributed by atoms with van der Waals surface area (Å²) in [6, 6.07) is 9.74. The van der Waals surface area contributed by atoms with Crippen LogP contribution >= 0.6 is 11.8 Å². The Labute approximate surface area is 176 Å². The number of methoxy groups -OCH3 is 1. The van der Waals surface area contributed by atoms with Crippen molar-refractivity contribution >= 4 is 17.7 Å². The highest BCUT2D eigenvalue weighted by Crippen LogP contribution is 2.28. The lowest BCUT2D eigenvalue weighted by Gasteiger charge is -2.28. The van der Waals surface area contributed by atoms with Gasteiger partial charge in [-0.25, -0.2) is 0 Å². The first-order valence-electron chi connectivity index (χ1n) is 9.34. The number of thioether (sulfide) groups is 1. The van der Waals surface area contributed by atoms with E-state index in [2.05, 4.69) is 28.2 Å². The first kappa shape index (κ1) is 22.5. The van der Waals surface area contributed by atoms with Gasteiger partial charge < -0.3 is 10.1 Å². The Bertz CT molecular complexity index is 901. The first-order valence-corrected chi connectivity index (χ1v) is 10.2. The number of hydrogen-bond acceptors (Lipinski definition) is 6. The molecule has 0 saturated carbocycles. The van der Waals surface area contributed by atoms with E-state index < -0.39 is 10.8 Å². The van der Waals surface area contributed by atoms with Crippen molar-refractivity contribution in [2.75, 3.05) is 7.11 Å². The standard InChI is InChI=1S/C21H27N5O2S/c1-7-12-26-18(16-8-10-17(28-6)11-9-16)24-25-20(26)29-15(4)19(27)23-21(5,13-22)14(2)3/h7-11,14-15H,1,12H2,2-6H3,(H,23,27)/t15-,21+/m1/s1. The molecule has 0 spiro atoms. The summed E-state index contributed by atoms with van der Waals surface area (Å²) in [6.07, 6.45) is 1.76. The molecule has 1 aromatic heterocycles. The maximum atomic E-state index is 12.7. The summed E-state index contributed by atoms with van der Waals surface area (Å²) in [7, 11) is 1.62. The fraction of sp³-hybridized carbons (Fsp3) is 0.429. The van der Waals surface area contributed by atoms with Gasteiger partial charge in [0.1, 0.15) is 11.3 Å². The Morgan fingerprint density at radius 2 is 2.03 bits per heavy atom. The average Bonchev–Trinajstić information content (AvgIpc) is 3.10. The van der Waals surface area contributed by atoms with E-state index in [-0.39, 0.29) is 11.8 Å². The molecule has 1 heterocycles. The van der Waals surface area contributed by atoms with Crippen LogP contribution in [-0.4, -0.2) is 38.6 Å². The highest BCUT2D eigenvalue weighted by atomic mass is 32.2. The molecule has 1 amide bonds. The molecule has 1 aromatic carbocycles. The van der Waals surface area contributed by atoms with Gasteiger partial charge in [-0.3, -0.25) is 9.36 Å². The van der Waals surface area contributed by atoms with E-state index >= 15 is 0 Å². The third kappa shape index (κ3) is 5.18. The summed E-state index contributed by atoms with van der Waals surface area (Å²) < 4.78 is 7.11. The van der Waals surface area contributed by atoms with E-state index in [1.807, 2.05) is 42.7 Å². The van der Waals surface area contributed by atoms with Crippen LogP contribution in [0.1, 0.15) is 27.7 Å². The second kappa shape index (κ2) is 9.61. The fourth-order valence-electron chi connectivity index (χ4n) is 2.49. The number of ether oxygens (including phenoxy) is 1. The summed E-state index contributed by atoms with van der Waals surface area (Å²) >= 11 is 1.30. The van der Waals surface area contributed by atoms with Gasteiger partial charge in [-0.1, -0.05) is 31.7 Å². The summed E-state index contributed by atoms with van der Waals surface area (Å²) in [5, 5.41) is 21.0. The predicted octanol–water partition coefficient (Wildman–Crippen LogP) is 3.67. The van der Waals surface area contributed by atoms with Crippen LogP contribution in [0.4, 0.5) is 0 Å². The largest absolute Gasteiger partial charge is 0.497 e. The molecular formula is C21H27N5O2S. The van der Waals surface area contributed by atoms with Gasteiger partial charge in [0.2, 0.25) is 5.91 Å². The molecule has 0 aliphatic rings. The van der Waals surface area contributed by atoms with Gasteiger partial charge in [-0.05, 0) is 44.0 Å². The van der Waals surface area contributed by atoms with E-state index in [9.17, 15) is 10.1 Å². The van der Waals surface area contributed by atoms with Crippen molar-refractivity contribution in [2.24, 2.45) is 5.92 Å². The van der Waals surface area contributed by atoms with Crippen molar-refractivity contribution in [1.29, 1.82) is 5.26 Å². The molecule has 0 aliphatic carbocycles. The number of amides is 1. The highest BCUT2D eigenvalue weighted by molar-refractivity contribution is 8.00. The van der Waals surface area contributed by atoms with Gasteiger partial charge in [-0.15, -0.1) is 16.8 Å². The molecule has 2 atom stereocenters. The fourth-order valence-corrected chi connectivity index (χ4v) is 3.35. The molecule has 0 bridgehead atoms. The number of benzene rings is 1. The molecule has 0 fully saturated rings.